The molecule has 1 aromatic carbocycles. The number of ether oxygens (including phenoxy) is 1. The van der Waals surface area contributed by atoms with Crippen molar-refractivity contribution in [3.63, 3.8) is 0 Å². The first kappa shape index (κ1) is 12.1. The summed E-state index contributed by atoms with van der Waals surface area (Å²) in [5, 5.41) is 0. The van der Waals surface area contributed by atoms with Crippen LogP contribution in [0.25, 0.3) is 0 Å². The fourth-order valence-corrected chi connectivity index (χ4v) is 2.44. The molecule has 1 saturated carbocycles. The van der Waals surface area contributed by atoms with Gasteiger partial charge in [-0.25, -0.2) is 0 Å². The standard InChI is InChI=1S/C13H18BrNO/c14-12-5-3-11(4-6-12)9-16-10-13(15)7-1-2-8-13/h3-6H,1-2,7-10,15H2. The van der Waals surface area contributed by atoms with Crippen molar-refractivity contribution in [2.45, 2.75) is 37.8 Å². The summed E-state index contributed by atoms with van der Waals surface area (Å²) in [4.78, 5) is 0. The maximum atomic E-state index is 6.21. The fraction of sp³-hybridized carbons (Fsp3) is 0.538. The molecule has 88 valence electrons. The van der Waals surface area contributed by atoms with E-state index in [0.29, 0.717) is 13.2 Å². The van der Waals surface area contributed by atoms with E-state index >= 15 is 0 Å². The molecule has 0 bridgehead atoms. The van der Waals surface area contributed by atoms with E-state index in [1.165, 1.54) is 18.4 Å². The van der Waals surface area contributed by atoms with E-state index in [9.17, 15) is 0 Å². The molecule has 1 aliphatic rings. The lowest BCUT2D eigenvalue weighted by Gasteiger charge is -2.23. The Morgan fingerprint density at radius 1 is 1.19 bits per heavy atom. The Hall–Kier alpha value is -0.380. The summed E-state index contributed by atoms with van der Waals surface area (Å²) in [7, 11) is 0. The summed E-state index contributed by atoms with van der Waals surface area (Å²) in [6.07, 6.45) is 4.71. The Bertz CT molecular complexity index is 330. The normalized spacial score (nSPS) is 18.9. The zero-order valence-electron chi connectivity index (χ0n) is 9.42. The fourth-order valence-electron chi connectivity index (χ4n) is 2.18. The molecule has 0 amide bonds. The second kappa shape index (κ2) is 5.30. The van der Waals surface area contributed by atoms with Crippen molar-refractivity contribution in [3.8, 4) is 0 Å². The lowest BCUT2D eigenvalue weighted by Crippen LogP contribution is -2.41. The molecule has 0 radical (unpaired) electrons. The molecule has 1 fully saturated rings. The van der Waals surface area contributed by atoms with Crippen molar-refractivity contribution in [3.05, 3.63) is 34.3 Å². The number of halogens is 1. The molecule has 0 saturated heterocycles. The third-order valence-electron chi connectivity index (χ3n) is 3.17. The molecular formula is C13H18BrNO. The van der Waals surface area contributed by atoms with Gasteiger partial charge >= 0.3 is 0 Å². The second-order valence-corrected chi connectivity index (χ2v) is 5.60. The average Bonchev–Trinajstić information content (AvgIpc) is 2.69. The maximum Gasteiger partial charge on any atom is 0.0717 e. The van der Waals surface area contributed by atoms with Gasteiger partial charge in [0.2, 0.25) is 0 Å². The Labute approximate surface area is 105 Å². The minimum Gasteiger partial charge on any atom is -0.375 e. The van der Waals surface area contributed by atoms with Crippen LogP contribution < -0.4 is 5.73 Å². The summed E-state index contributed by atoms with van der Waals surface area (Å²) in [5.74, 6) is 0. The van der Waals surface area contributed by atoms with Crippen LogP contribution in [-0.2, 0) is 11.3 Å². The summed E-state index contributed by atoms with van der Waals surface area (Å²) >= 11 is 3.42. The topological polar surface area (TPSA) is 35.2 Å². The van der Waals surface area contributed by atoms with Gasteiger partial charge in [0.15, 0.2) is 0 Å². The van der Waals surface area contributed by atoms with E-state index in [1.54, 1.807) is 0 Å². The number of hydrogen-bond donors (Lipinski definition) is 1. The van der Waals surface area contributed by atoms with Crippen molar-refractivity contribution < 1.29 is 4.74 Å². The van der Waals surface area contributed by atoms with Crippen LogP contribution in [0.4, 0.5) is 0 Å². The molecule has 2 rings (SSSR count). The van der Waals surface area contributed by atoms with Crippen LogP contribution in [0.1, 0.15) is 31.2 Å². The number of hydrogen-bond acceptors (Lipinski definition) is 2. The van der Waals surface area contributed by atoms with Crippen molar-refractivity contribution >= 4 is 15.9 Å². The zero-order valence-corrected chi connectivity index (χ0v) is 11.0. The van der Waals surface area contributed by atoms with Gasteiger partial charge in [0.25, 0.3) is 0 Å². The Morgan fingerprint density at radius 2 is 1.81 bits per heavy atom. The van der Waals surface area contributed by atoms with Crippen molar-refractivity contribution in [1.82, 2.24) is 0 Å². The molecule has 1 aliphatic carbocycles. The molecule has 0 aromatic heterocycles. The highest BCUT2D eigenvalue weighted by Gasteiger charge is 2.29. The molecule has 0 unspecified atom stereocenters. The molecule has 0 spiro atoms. The third-order valence-corrected chi connectivity index (χ3v) is 3.70. The minimum atomic E-state index is -0.0602. The highest BCUT2D eigenvalue weighted by Crippen LogP contribution is 2.27. The predicted octanol–water partition coefficient (Wildman–Crippen LogP) is 3.24. The smallest absolute Gasteiger partial charge is 0.0717 e. The summed E-state index contributed by atoms with van der Waals surface area (Å²) in [6.45, 7) is 1.34. The molecule has 0 heterocycles. The molecule has 3 heteroatoms. The Balaban J connectivity index is 1.77. The van der Waals surface area contributed by atoms with Gasteiger partial charge in [0.05, 0.1) is 13.2 Å². The van der Waals surface area contributed by atoms with E-state index in [1.807, 2.05) is 12.1 Å². The van der Waals surface area contributed by atoms with E-state index in [4.69, 9.17) is 10.5 Å². The van der Waals surface area contributed by atoms with Crippen LogP contribution in [0, 0.1) is 0 Å². The van der Waals surface area contributed by atoms with E-state index < -0.39 is 0 Å². The molecule has 2 N–H and O–H groups in total. The lowest BCUT2D eigenvalue weighted by atomic mass is 10.0. The highest BCUT2D eigenvalue weighted by molar-refractivity contribution is 9.10. The van der Waals surface area contributed by atoms with Crippen molar-refractivity contribution in [2.24, 2.45) is 5.73 Å². The largest absolute Gasteiger partial charge is 0.375 e. The van der Waals surface area contributed by atoms with Gasteiger partial charge < -0.3 is 10.5 Å². The van der Waals surface area contributed by atoms with Crippen LogP contribution in [0.2, 0.25) is 0 Å². The average molecular weight is 284 g/mol. The summed E-state index contributed by atoms with van der Waals surface area (Å²) in [6, 6.07) is 8.21. The van der Waals surface area contributed by atoms with E-state index in [-0.39, 0.29) is 5.54 Å². The number of benzene rings is 1. The number of nitrogens with two attached hydrogens (primary N) is 1. The van der Waals surface area contributed by atoms with Crippen LogP contribution >= 0.6 is 15.9 Å². The second-order valence-electron chi connectivity index (χ2n) is 4.69. The zero-order chi connectivity index (χ0) is 11.4. The van der Waals surface area contributed by atoms with Crippen molar-refractivity contribution in [1.29, 1.82) is 0 Å². The van der Waals surface area contributed by atoms with Gasteiger partial charge in [-0.2, -0.15) is 0 Å². The van der Waals surface area contributed by atoms with Gasteiger partial charge in [-0.3, -0.25) is 0 Å². The van der Waals surface area contributed by atoms with E-state index in [2.05, 4.69) is 28.1 Å². The van der Waals surface area contributed by atoms with Crippen LogP contribution in [0.3, 0.4) is 0 Å². The first-order chi connectivity index (χ1) is 7.68. The third kappa shape index (κ3) is 3.30. The Morgan fingerprint density at radius 3 is 2.44 bits per heavy atom. The van der Waals surface area contributed by atoms with Crippen LogP contribution in [0.5, 0.6) is 0 Å². The highest BCUT2D eigenvalue weighted by atomic mass is 79.9. The van der Waals surface area contributed by atoms with Gasteiger partial charge in [-0.15, -0.1) is 0 Å². The molecule has 16 heavy (non-hydrogen) atoms. The lowest BCUT2D eigenvalue weighted by molar-refractivity contribution is 0.0751. The monoisotopic (exact) mass is 283 g/mol. The van der Waals surface area contributed by atoms with Gasteiger partial charge in [0, 0.05) is 10.0 Å². The molecule has 2 nitrogen and oxygen atoms in total. The molecule has 0 aliphatic heterocycles. The van der Waals surface area contributed by atoms with Gasteiger partial charge in [-0.05, 0) is 30.5 Å². The maximum absolute atomic E-state index is 6.21. The van der Waals surface area contributed by atoms with E-state index in [0.717, 1.165) is 17.3 Å². The van der Waals surface area contributed by atoms with Crippen molar-refractivity contribution in [2.75, 3.05) is 6.61 Å². The first-order valence-corrected chi connectivity index (χ1v) is 6.58. The van der Waals surface area contributed by atoms with Gasteiger partial charge in [0.1, 0.15) is 0 Å². The minimum absolute atomic E-state index is 0.0602. The summed E-state index contributed by atoms with van der Waals surface area (Å²) < 4.78 is 6.81. The first-order valence-electron chi connectivity index (χ1n) is 5.79. The SMILES string of the molecule is NC1(COCc2ccc(Br)cc2)CCCC1. The number of rotatable bonds is 4. The van der Waals surface area contributed by atoms with Gasteiger partial charge in [-0.1, -0.05) is 40.9 Å². The van der Waals surface area contributed by atoms with Crippen LogP contribution in [0.15, 0.2) is 28.7 Å². The quantitative estimate of drug-likeness (QED) is 0.921. The summed E-state index contributed by atoms with van der Waals surface area (Å²) in [5.41, 5.74) is 7.35. The molecule has 1 aromatic rings. The molecular weight excluding hydrogens is 266 g/mol. The predicted molar refractivity (Wildman–Crippen MR) is 69.2 cm³/mol. The van der Waals surface area contributed by atoms with Crippen LogP contribution in [-0.4, -0.2) is 12.1 Å². The Kier molecular flexibility index (Phi) is 4.00. The molecule has 0 atom stereocenters.